The summed E-state index contributed by atoms with van der Waals surface area (Å²) in [7, 11) is 1.26. The SMILES string of the molecule is COC(=O)c1ccc(Cl)cc1NC(=O)CSc1nc2ccsc2c(=O)n1CC(C)C. The Morgan fingerprint density at radius 3 is 2.80 bits per heavy atom. The van der Waals surface area contributed by atoms with E-state index in [-0.39, 0.29) is 34.4 Å². The second-order valence-corrected chi connectivity index (χ2v) is 9.15. The molecule has 0 unspecified atom stereocenters. The summed E-state index contributed by atoms with van der Waals surface area (Å²) in [6.07, 6.45) is 0. The Labute approximate surface area is 186 Å². The fourth-order valence-electron chi connectivity index (χ4n) is 2.78. The van der Waals surface area contributed by atoms with Gasteiger partial charge in [0.25, 0.3) is 5.56 Å². The van der Waals surface area contributed by atoms with Gasteiger partial charge in [-0.1, -0.05) is 37.2 Å². The molecule has 0 bridgehead atoms. The first-order valence-corrected chi connectivity index (χ1v) is 11.3. The third-order valence-electron chi connectivity index (χ3n) is 4.07. The molecule has 10 heteroatoms. The molecule has 0 aliphatic rings. The highest BCUT2D eigenvalue weighted by Crippen LogP contribution is 2.24. The minimum absolute atomic E-state index is 0.00725. The fourth-order valence-corrected chi connectivity index (χ4v) is 4.54. The number of carbonyl (C=O) groups is 2. The van der Waals surface area contributed by atoms with Gasteiger partial charge in [0.15, 0.2) is 5.16 Å². The predicted molar refractivity (Wildman–Crippen MR) is 121 cm³/mol. The van der Waals surface area contributed by atoms with Gasteiger partial charge in [-0.25, -0.2) is 9.78 Å². The zero-order valence-electron chi connectivity index (χ0n) is 16.6. The van der Waals surface area contributed by atoms with Crippen LogP contribution in [0.1, 0.15) is 24.2 Å². The molecule has 0 aliphatic heterocycles. The van der Waals surface area contributed by atoms with E-state index in [1.807, 2.05) is 19.2 Å². The Balaban J connectivity index is 1.81. The van der Waals surface area contributed by atoms with Crippen LogP contribution in [-0.2, 0) is 16.1 Å². The molecular formula is C20H20ClN3O4S2. The molecule has 1 aromatic carbocycles. The maximum Gasteiger partial charge on any atom is 0.339 e. The monoisotopic (exact) mass is 465 g/mol. The predicted octanol–water partition coefficient (Wildman–Crippen LogP) is 4.28. The molecule has 0 saturated carbocycles. The smallest absolute Gasteiger partial charge is 0.339 e. The van der Waals surface area contributed by atoms with E-state index in [0.717, 1.165) is 0 Å². The minimum atomic E-state index is -0.579. The number of esters is 1. The lowest BCUT2D eigenvalue weighted by atomic mass is 10.2. The van der Waals surface area contributed by atoms with Crippen LogP contribution in [0.4, 0.5) is 5.69 Å². The summed E-state index contributed by atoms with van der Waals surface area (Å²) in [5.41, 5.74) is 0.987. The summed E-state index contributed by atoms with van der Waals surface area (Å²) in [4.78, 5) is 41.9. The lowest BCUT2D eigenvalue weighted by Crippen LogP contribution is -2.25. The maximum atomic E-state index is 12.8. The van der Waals surface area contributed by atoms with Crippen LogP contribution < -0.4 is 10.9 Å². The van der Waals surface area contributed by atoms with E-state index in [1.54, 1.807) is 16.7 Å². The first kappa shape index (κ1) is 22.3. The molecule has 1 N–H and O–H groups in total. The summed E-state index contributed by atoms with van der Waals surface area (Å²) < 4.78 is 6.96. The number of hydrogen-bond donors (Lipinski definition) is 1. The number of ether oxygens (including phenoxy) is 1. The number of anilines is 1. The standard InChI is InChI=1S/C20H20ClN3O4S2/c1-11(2)9-24-18(26)17-14(6-7-29-17)23-20(24)30-10-16(25)22-15-8-12(21)4-5-13(15)19(27)28-3/h4-8,11H,9-10H2,1-3H3,(H,22,25). The third kappa shape index (κ3) is 5.03. The molecule has 30 heavy (non-hydrogen) atoms. The van der Waals surface area contributed by atoms with Crippen LogP contribution in [0.5, 0.6) is 0 Å². The van der Waals surface area contributed by atoms with Gasteiger partial charge in [0.05, 0.1) is 29.6 Å². The number of rotatable bonds is 7. The van der Waals surface area contributed by atoms with Crippen molar-refractivity contribution in [2.45, 2.75) is 25.5 Å². The van der Waals surface area contributed by atoms with Crippen molar-refractivity contribution in [3.63, 3.8) is 0 Å². The van der Waals surface area contributed by atoms with Crippen LogP contribution >= 0.6 is 34.7 Å². The average Bonchev–Trinajstić information content (AvgIpc) is 3.17. The van der Waals surface area contributed by atoms with E-state index in [0.29, 0.717) is 26.9 Å². The van der Waals surface area contributed by atoms with E-state index in [2.05, 4.69) is 10.3 Å². The summed E-state index contributed by atoms with van der Waals surface area (Å²) in [6, 6.07) is 6.31. The molecule has 3 rings (SSSR count). The fraction of sp³-hybridized carbons (Fsp3) is 0.300. The summed E-state index contributed by atoms with van der Waals surface area (Å²) in [5.74, 6) is -0.690. The van der Waals surface area contributed by atoms with E-state index in [4.69, 9.17) is 16.3 Å². The molecular weight excluding hydrogens is 446 g/mol. The van der Waals surface area contributed by atoms with Crippen LogP contribution in [0.3, 0.4) is 0 Å². The average molecular weight is 466 g/mol. The van der Waals surface area contributed by atoms with Crippen molar-refractivity contribution in [2.24, 2.45) is 5.92 Å². The topological polar surface area (TPSA) is 90.3 Å². The molecule has 2 heterocycles. The number of aromatic nitrogens is 2. The molecule has 0 spiro atoms. The van der Waals surface area contributed by atoms with Gasteiger partial charge >= 0.3 is 5.97 Å². The Hall–Kier alpha value is -2.36. The van der Waals surface area contributed by atoms with Gasteiger partial charge in [-0.05, 0) is 35.6 Å². The molecule has 0 aliphatic carbocycles. The van der Waals surface area contributed by atoms with Crippen LogP contribution in [-0.4, -0.2) is 34.3 Å². The van der Waals surface area contributed by atoms with Crippen LogP contribution in [0.2, 0.25) is 5.02 Å². The lowest BCUT2D eigenvalue weighted by molar-refractivity contribution is -0.113. The largest absolute Gasteiger partial charge is 0.465 e. The second kappa shape index (κ2) is 9.63. The van der Waals surface area contributed by atoms with Crippen molar-refractivity contribution in [2.75, 3.05) is 18.2 Å². The van der Waals surface area contributed by atoms with Crippen molar-refractivity contribution in [3.05, 3.63) is 50.6 Å². The number of benzene rings is 1. The molecule has 0 atom stereocenters. The summed E-state index contributed by atoms with van der Waals surface area (Å²) in [6.45, 7) is 4.53. The Morgan fingerprint density at radius 2 is 2.10 bits per heavy atom. The lowest BCUT2D eigenvalue weighted by Gasteiger charge is -2.14. The first-order valence-electron chi connectivity index (χ1n) is 9.08. The molecule has 158 valence electrons. The summed E-state index contributed by atoms with van der Waals surface area (Å²) in [5, 5.41) is 5.37. The number of methoxy groups -OCH3 is 1. The molecule has 1 amide bonds. The van der Waals surface area contributed by atoms with Gasteiger partial charge < -0.3 is 10.1 Å². The molecule has 7 nitrogen and oxygen atoms in total. The van der Waals surface area contributed by atoms with Crippen molar-refractivity contribution in [3.8, 4) is 0 Å². The quantitative estimate of drug-likeness (QED) is 0.318. The van der Waals surface area contributed by atoms with Crippen LogP contribution in [0.25, 0.3) is 10.2 Å². The summed E-state index contributed by atoms with van der Waals surface area (Å²) >= 11 is 8.52. The molecule has 0 saturated heterocycles. The van der Waals surface area contributed by atoms with Crippen molar-refractivity contribution < 1.29 is 14.3 Å². The van der Waals surface area contributed by atoms with E-state index in [1.165, 1.54) is 42.3 Å². The Kier molecular flexibility index (Phi) is 7.17. The number of carbonyl (C=O) groups excluding carboxylic acids is 2. The van der Waals surface area contributed by atoms with Gasteiger partial charge in [0, 0.05) is 11.6 Å². The number of nitrogens with one attached hydrogen (secondary N) is 1. The van der Waals surface area contributed by atoms with Crippen LogP contribution in [0, 0.1) is 5.92 Å². The number of nitrogens with zero attached hydrogens (tertiary/aromatic N) is 2. The Bertz CT molecular complexity index is 1160. The number of amides is 1. The van der Waals surface area contributed by atoms with E-state index >= 15 is 0 Å². The molecule has 0 radical (unpaired) electrons. The molecule has 0 fully saturated rings. The Morgan fingerprint density at radius 1 is 1.33 bits per heavy atom. The normalized spacial score (nSPS) is 11.1. The highest BCUT2D eigenvalue weighted by atomic mass is 35.5. The second-order valence-electron chi connectivity index (χ2n) is 6.86. The van der Waals surface area contributed by atoms with Crippen LogP contribution in [0.15, 0.2) is 39.6 Å². The van der Waals surface area contributed by atoms with Crippen molar-refractivity contribution >= 4 is 62.5 Å². The number of thioether (sulfide) groups is 1. The number of fused-ring (bicyclic) bond motifs is 1. The van der Waals surface area contributed by atoms with E-state index < -0.39 is 5.97 Å². The van der Waals surface area contributed by atoms with E-state index in [9.17, 15) is 14.4 Å². The van der Waals surface area contributed by atoms with Crippen molar-refractivity contribution in [1.82, 2.24) is 9.55 Å². The number of halogens is 1. The molecule has 2 aromatic heterocycles. The number of hydrogen-bond acceptors (Lipinski definition) is 7. The first-order chi connectivity index (χ1) is 14.3. The highest BCUT2D eigenvalue weighted by molar-refractivity contribution is 7.99. The zero-order chi connectivity index (χ0) is 21.8. The maximum absolute atomic E-state index is 12.8. The number of thiophene rings is 1. The minimum Gasteiger partial charge on any atom is -0.465 e. The van der Waals surface area contributed by atoms with Crippen molar-refractivity contribution in [1.29, 1.82) is 0 Å². The zero-order valence-corrected chi connectivity index (χ0v) is 19.0. The molecule has 3 aromatic rings. The van der Waals surface area contributed by atoms with Gasteiger partial charge in [0.2, 0.25) is 5.91 Å². The van der Waals surface area contributed by atoms with Gasteiger partial charge in [-0.3, -0.25) is 14.2 Å². The highest BCUT2D eigenvalue weighted by Gasteiger charge is 2.17. The van der Waals surface area contributed by atoms with Gasteiger partial charge in [-0.15, -0.1) is 11.3 Å². The van der Waals surface area contributed by atoms with Gasteiger partial charge in [0.1, 0.15) is 4.70 Å². The third-order valence-corrected chi connectivity index (χ3v) is 6.18. The van der Waals surface area contributed by atoms with Gasteiger partial charge in [-0.2, -0.15) is 0 Å².